The van der Waals surface area contributed by atoms with Crippen LogP contribution in [0.15, 0.2) is 150 Å². The molecule has 3 heterocycles. The number of fused-ring (bicyclic) bond motifs is 6. The summed E-state index contributed by atoms with van der Waals surface area (Å²) in [6, 6.07) is 50.6. The largest absolute Gasteiger partial charge is 0.456 e. The molecule has 4 heteroatoms. The van der Waals surface area contributed by atoms with Crippen LogP contribution >= 0.6 is 11.3 Å². The summed E-state index contributed by atoms with van der Waals surface area (Å²) in [4.78, 5) is 10.2. The van der Waals surface area contributed by atoms with E-state index in [1.54, 1.807) is 0 Å². The molecular formula is C40H24N2OS. The average Bonchev–Trinajstić information content (AvgIpc) is 3.68. The van der Waals surface area contributed by atoms with Crippen molar-refractivity contribution < 1.29 is 4.42 Å². The van der Waals surface area contributed by atoms with E-state index in [2.05, 4.69) is 109 Å². The zero-order valence-corrected chi connectivity index (χ0v) is 24.4. The Morgan fingerprint density at radius 1 is 0.432 bits per heavy atom. The fraction of sp³-hybridized carbons (Fsp3) is 0. The second-order valence-electron chi connectivity index (χ2n) is 10.9. The van der Waals surface area contributed by atoms with Crippen LogP contribution in [0.4, 0.5) is 0 Å². The van der Waals surface area contributed by atoms with Gasteiger partial charge < -0.3 is 4.42 Å². The summed E-state index contributed by atoms with van der Waals surface area (Å²) < 4.78 is 8.72. The number of para-hydroxylation sites is 1. The Balaban J connectivity index is 1.30. The number of nitrogens with zero attached hydrogens (tertiary/aromatic N) is 2. The molecule has 0 spiro atoms. The lowest BCUT2D eigenvalue weighted by molar-refractivity contribution is 0.669. The van der Waals surface area contributed by atoms with Crippen molar-refractivity contribution in [2.24, 2.45) is 0 Å². The van der Waals surface area contributed by atoms with Gasteiger partial charge in [0.1, 0.15) is 11.2 Å². The molecule has 0 saturated carbocycles. The molecular weight excluding hydrogens is 557 g/mol. The van der Waals surface area contributed by atoms with Crippen molar-refractivity contribution in [3.05, 3.63) is 146 Å². The molecule has 0 aliphatic heterocycles. The topological polar surface area (TPSA) is 38.9 Å². The minimum Gasteiger partial charge on any atom is -0.456 e. The lowest BCUT2D eigenvalue weighted by atomic mass is 9.97. The first-order valence-electron chi connectivity index (χ1n) is 14.7. The molecule has 0 aliphatic rings. The van der Waals surface area contributed by atoms with Gasteiger partial charge in [-0.3, -0.25) is 0 Å². The minimum atomic E-state index is 0.722. The van der Waals surface area contributed by atoms with Gasteiger partial charge in [-0.25, -0.2) is 9.97 Å². The Morgan fingerprint density at radius 3 is 1.80 bits per heavy atom. The molecule has 0 radical (unpaired) electrons. The summed E-state index contributed by atoms with van der Waals surface area (Å²) in [5.74, 6) is 0.722. The van der Waals surface area contributed by atoms with Gasteiger partial charge in [-0.1, -0.05) is 127 Å². The molecule has 44 heavy (non-hydrogen) atoms. The molecule has 0 atom stereocenters. The van der Waals surface area contributed by atoms with Gasteiger partial charge in [-0.15, -0.1) is 11.3 Å². The van der Waals surface area contributed by atoms with Crippen LogP contribution in [-0.4, -0.2) is 9.97 Å². The lowest BCUT2D eigenvalue weighted by Crippen LogP contribution is -1.95. The minimum absolute atomic E-state index is 0.722. The average molecular weight is 581 g/mol. The quantitative estimate of drug-likeness (QED) is 0.208. The van der Waals surface area contributed by atoms with Crippen molar-refractivity contribution in [3.8, 4) is 45.0 Å². The third-order valence-electron chi connectivity index (χ3n) is 8.32. The second kappa shape index (κ2) is 10.0. The molecule has 0 bridgehead atoms. The van der Waals surface area contributed by atoms with Gasteiger partial charge in [0.15, 0.2) is 5.82 Å². The van der Waals surface area contributed by atoms with Gasteiger partial charge >= 0.3 is 0 Å². The summed E-state index contributed by atoms with van der Waals surface area (Å²) >= 11 is 1.83. The summed E-state index contributed by atoms with van der Waals surface area (Å²) in [7, 11) is 0. The first-order chi connectivity index (χ1) is 21.8. The molecule has 0 amide bonds. The van der Waals surface area contributed by atoms with Gasteiger partial charge in [0.25, 0.3) is 0 Å². The summed E-state index contributed by atoms with van der Waals surface area (Å²) in [5.41, 5.74) is 9.22. The predicted molar refractivity (Wildman–Crippen MR) is 184 cm³/mol. The van der Waals surface area contributed by atoms with Crippen LogP contribution < -0.4 is 0 Å². The maximum Gasteiger partial charge on any atom is 0.160 e. The van der Waals surface area contributed by atoms with Crippen LogP contribution in [-0.2, 0) is 0 Å². The molecule has 9 aromatic rings. The number of thiophene rings is 1. The van der Waals surface area contributed by atoms with Crippen molar-refractivity contribution in [1.82, 2.24) is 9.97 Å². The SMILES string of the molecule is c1ccc(-c2cc(-c3cccc4c3sc3c(-c5cccc6oc7ccccc7c56)cccc34)nc(-c3ccccc3)n2)cc1. The van der Waals surface area contributed by atoms with Crippen molar-refractivity contribution in [2.75, 3.05) is 0 Å². The zero-order valence-electron chi connectivity index (χ0n) is 23.6. The van der Waals surface area contributed by atoms with E-state index >= 15 is 0 Å². The molecule has 206 valence electrons. The standard InChI is InChI=1S/C40H24N2OS/c1-3-12-25(13-4-1)33-24-34(42-40(41-33)26-14-5-2-6-15-26)31-21-10-20-30-29-19-9-18-28(38(29)44-39(30)31)27-17-11-23-36-37(27)32-16-7-8-22-35(32)43-36/h1-24H. The normalized spacial score (nSPS) is 11.6. The van der Waals surface area contributed by atoms with Gasteiger partial charge in [0.05, 0.1) is 11.4 Å². The van der Waals surface area contributed by atoms with Crippen molar-refractivity contribution in [3.63, 3.8) is 0 Å². The first kappa shape index (κ1) is 25.0. The lowest BCUT2D eigenvalue weighted by Gasteiger charge is -2.10. The van der Waals surface area contributed by atoms with Crippen LogP contribution in [0.2, 0.25) is 0 Å². The number of rotatable bonds is 4. The molecule has 0 unspecified atom stereocenters. The Hall–Kier alpha value is -5.58. The Kier molecular flexibility index (Phi) is 5.68. The van der Waals surface area contributed by atoms with Crippen molar-refractivity contribution in [1.29, 1.82) is 0 Å². The maximum absolute atomic E-state index is 6.25. The van der Waals surface area contributed by atoms with Gasteiger partial charge in [0, 0.05) is 53.2 Å². The Morgan fingerprint density at radius 2 is 1.00 bits per heavy atom. The monoisotopic (exact) mass is 580 g/mol. The van der Waals surface area contributed by atoms with E-state index in [1.807, 2.05) is 47.7 Å². The van der Waals surface area contributed by atoms with Crippen molar-refractivity contribution >= 4 is 53.4 Å². The summed E-state index contributed by atoms with van der Waals surface area (Å²) in [5, 5.41) is 4.77. The fourth-order valence-electron chi connectivity index (χ4n) is 6.29. The van der Waals surface area contributed by atoms with Crippen LogP contribution in [0.5, 0.6) is 0 Å². The van der Waals surface area contributed by atoms with Crippen LogP contribution in [0.3, 0.4) is 0 Å². The number of aromatic nitrogens is 2. The Labute approximate surface area is 257 Å². The number of hydrogen-bond donors (Lipinski definition) is 0. The van der Waals surface area contributed by atoms with E-state index in [0.717, 1.165) is 55.8 Å². The van der Waals surface area contributed by atoms with Crippen LogP contribution in [0.1, 0.15) is 0 Å². The molecule has 3 aromatic heterocycles. The molecule has 9 rings (SSSR count). The highest BCUT2D eigenvalue weighted by Crippen LogP contribution is 2.46. The van der Waals surface area contributed by atoms with Crippen LogP contribution in [0.25, 0.3) is 87.1 Å². The highest BCUT2D eigenvalue weighted by Gasteiger charge is 2.19. The van der Waals surface area contributed by atoms with Crippen molar-refractivity contribution in [2.45, 2.75) is 0 Å². The molecule has 0 fully saturated rings. The predicted octanol–water partition coefficient (Wildman–Crippen LogP) is 11.4. The number of benzene rings is 6. The number of furan rings is 1. The first-order valence-corrected chi connectivity index (χ1v) is 15.5. The fourth-order valence-corrected chi connectivity index (χ4v) is 7.64. The molecule has 0 N–H and O–H groups in total. The summed E-state index contributed by atoms with van der Waals surface area (Å²) in [6.07, 6.45) is 0. The van der Waals surface area contributed by atoms with E-state index in [0.29, 0.717) is 0 Å². The van der Waals surface area contributed by atoms with E-state index in [-0.39, 0.29) is 0 Å². The smallest absolute Gasteiger partial charge is 0.160 e. The molecule has 0 aliphatic carbocycles. The molecule has 0 saturated heterocycles. The third kappa shape index (κ3) is 3.96. The Bertz CT molecular complexity index is 2440. The molecule has 3 nitrogen and oxygen atoms in total. The van der Waals surface area contributed by atoms with Gasteiger partial charge in [0.2, 0.25) is 0 Å². The van der Waals surface area contributed by atoms with E-state index < -0.39 is 0 Å². The summed E-state index contributed by atoms with van der Waals surface area (Å²) in [6.45, 7) is 0. The van der Waals surface area contributed by atoms with Gasteiger partial charge in [-0.05, 0) is 23.8 Å². The maximum atomic E-state index is 6.25. The zero-order chi connectivity index (χ0) is 29.0. The van der Waals surface area contributed by atoms with E-state index in [4.69, 9.17) is 14.4 Å². The van der Waals surface area contributed by atoms with E-state index in [9.17, 15) is 0 Å². The van der Waals surface area contributed by atoms with Gasteiger partial charge in [-0.2, -0.15) is 0 Å². The third-order valence-corrected chi connectivity index (χ3v) is 9.61. The number of hydrogen-bond acceptors (Lipinski definition) is 4. The van der Waals surface area contributed by atoms with E-state index in [1.165, 1.54) is 31.3 Å². The second-order valence-corrected chi connectivity index (χ2v) is 12.0. The molecule has 6 aromatic carbocycles. The highest BCUT2D eigenvalue weighted by molar-refractivity contribution is 7.26. The van der Waals surface area contributed by atoms with Crippen LogP contribution in [0, 0.1) is 0 Å². The highest BCUT2D eigenvalue weighted by atomic mass is 32.1.